The molecular weight excluding hydrogens is 274 g/mol. The van der Waals surface area contributed by atoms with Gasteiger partial charge in [-0.2, -0.15) is 0 Å². The van der Waals surface area contributed by atoms with Crippen molar-refractivity contribution in [3.63, 3.8) is 0 Å². The Morgan fingerprint density at radius 3 is 2.40 bits per heavy atom. The molecule has 0 saturated heterocycles. The molecule has 2 N–H and O–H groups in total. The Morgan fingerprint density at radius 1 is 1.25 bits per heavy atom. The lowest BCUT2D eigenvalue weighted by atomic mass is 9.89. The molecule has 1 rings (SSSR count). The van der Waals surface area contributed by atoms with E-state index in [2.05, 4.69) is 13.8 Å². The molecule has 4 nitrogen and oxygen atoms in total. The lowest BCUT2D eigenvalue weighted by Crippen LogP contribution is -2.35. The van der Waals surface area contributed by atoms with Crippen LogP contribution in [-0.2, 0) is 14.8 Å². The van der Waals surface area contributed by atoms with Gasteiger partial charge < -0.3 is 4.74 Å². The fourth-order valence-corrected chi connectivity index (χ4v) is 4.45. The number of hydrogen-bond acceptors (Lipinski definition) is 3. The molecular formula is C15H31NO3S. The van der Waals surface area contributed by atoms with Crippen LogP contribution in [-0.4, -0.2) is 27.4 Å². The molecule has 120 valence electrons. The van der Waals surface area contributed by atoms with E-state index in [-0.39, 0.29) is 11.2 Å². The Labute approximate surface area is 124 Å². The van der Waals surface area contributed by atoms with Crippen molar-refractivity contribution in [3.8, 4) is 0 Å². The van der Waals surface area contributed by atoms with Gasteiger partial charge in [0.25, 0.3) is 0 Å². The first-order valence-corrected chi connectivity index (χ1v) is 9.70. The van der Waals surface area contributed by atoms with Crippen molar-refractivity contribution < 1.29 is 13.2 Å². The summed E-state index contributed by atoms with van der Waals surface area (Å²) in [6.45, 7) is 5.70. The third-order valence-electron chi connectivity index (χ3n) is 4.48. The van der Waals surface area contributed by atoms with Gasteiger partial charge in [0.05, 0.1) is 12.4 Å². The number of rotatable bonds is 10. The van der Waals surface area contributed by atoms with Crippen molar-refractivity contribution in [1.82, 2.24) is 0 Å². The fourth-order valence-electron chi connectivity index (χ4n) is 3.22. The molecule has 0 amide bonds. The molecule has 5 heteroatoms. The molecule has 0 aromatic rings. The summed E-state index contributed by atoms with van der Waals surface area (Å²) >= 11 is 0. The maximum atomic E-state index is 11.4. The van der Waals surface area contributed by atoms with Crippen molar-refractivity contribution in [2.75, 3.05) is 19.0 Å². The van der Waals surface area contributed by atoms with E-state index < -0.39 is 10.0 Å². The summed E-state index contributed by atoms with van der Waals surface area (Å²) in [4.78, 5) is 0. The van der Waals surface area contributed by atoms with E-state index in [0.29, 0.717) is 12.5 Å². The van der Waals surface area contributed by atoms with Gasteiger partial charge in [-0.25, -0.2) is 13.6 Å². The molecule has 0 spiro atoms. The zero-order valence-electron chi connectivity index (χ0n) is 13.1. The molecule has 0 bridgehead atoms. The highest BCUT2D eigenvalue weighted by molar-refractivity contribution is 7.89. The second-order valence-corrected chi connectivity index (χ2v) is 8.06. The van der Waals surface area contributed by atoms with E-state index in [1.54, 1.807) is 0 Å². The first-order chi connectivity index (χ1) is 9.41. The number of primary sulfonamides is 1. The van der Waals surface area contributed by atoms with Gasteiger partial charge in [0.1, 0.15) is 0 Å². The van der Waals surface area contributed by atoms with E-state index in [1.807, 2.05) is 0 Å². The minimum absolute atomic E-state index is 0.0752. The number of sulfonamides is 1. The van der Waals surface area contributed by atoms with Crippen LogP contribution in [0.5, 0.6) is 0 Å². The zero-order chi connectivity index (χ0) is 15.1. The summed E-state index contributed by atoms with van der Waals surface area (Å²) in [6.07, 6.45) is 8.82. The smallest absolute Gasteiger partial charge is 0.209 e. The van der Waals surface area contributed by atoms with E-state index >= 15 is 0 Å². The van der Waals surface area contributed by atoms with Crippen LogP contribution in [0.15, 0.2) is 0 Å². The van der Waals surface area contributed by atoms with Crippen molar-refractivity contribution in [2.24, 2.45) is 16.5 Å². The van der Waals surface area contributed by atoms with Crippen LogP contribution >= 0.6 is 0 Å². The number of ether oxygens (including phenoxy) is 1. The highest BCUT2D eigenvalue weighted by atomic mass is 32.2. The summed E-state index contributed by atoms with van der Waals surface area (Å²) in [5, 5.41) is 5.24. The predicted molar refractivity (Wildman–Crippen MR) is 83.0 cm³/mol. The fraction of sp³-hybridized carbons (Fsp3) is 1.00. The van der Waals surface area contributed by atoms with Gasteiger partial charge in [-0.1, -0.05) is 46.0 Å². The first kappa shape index (κ1) is 17.9. The molecule has 1 aliphatic rings. The van der Waals surface area contributed by atoms with E-state index in [0.717, 1.165) is 38.7 Å². The summed E-state index contributed by atoms with van der Waals surface area (Å²) in [5.74, 6) is 0.675. The quantitative estimate of drug-likeness (QED) is 0.674. The largest absolute Gasteiger partial charge is 0.381 e. The Morgan fingerprint density at radius 2 is 1.90 bits per heavy atom. The molecule has 0 aliphatic heterocycles. The summed E-state index contributed by atoms with van der Waals surface area (Å²) in [5.41, 5.74) is -0.226. The molecule has 1 unspecified atom stereocenters. The molecule has 0 radical (unpaired) electrons. The van der Waals surface area contributed by atoms with Crippen LogP contribution < -0.4 is 5.14 Å². The van der Waals surface area contributed by atoms with Crippen LogP contribution in [0.4, 0.5) is 0 Å². The normalized spacial score (nSPS) is 20.1. The maximum Gasteiger partial charge on any atom is 0.209 e. The lowest BCUT2D eigenvalue weighted by molar-refractivity contribution is 0.0336. The monoisotopic (exact) mass is 305 g/mol. The van der Waals surface area contributed by atoms with Gasteiger partial charge in [0, 0.05) is 12.0 Å². The summed E-state index contributed by atoms with van der Waals surface area (Å²) in [6, 6.07) is 0. The molecule has 0 heterocycles. The standard InChI is InChI=1S/C15H31NO3S/c1-3-5-8-14(4-2)11-19-12-15(9-6-7-10-15)13-20(16,17)18/h14H,3-13H2,1-2H3,(H2,16,17,18). The van der Waals surface area contributed by atoms with Crippen molar-refractivity contribution in [2.45, 2.75) is 65.2 Å². The van der Waals surface area contributed by atoms with Crippen molar-refractivity contribution in [1.29, 1.82) is 0 Å². The van der Waals surface area contributed by atoms with Crippen LogP contribution in [0.2, 0.25) is 0 Å². The molecule has 1 aliphatic carbocycles. The lowest BCUT2D eigenvalue weighted by Gasteiger charge is -2.28. The van der Waals surface area contributed by atoms with Crippen LogP contribution in [0.1, 0.15) is 65.2 Å². The van der Waals surface area contributed by atoms with Gasteiger partial charge in [-0.15, -0.1) is 0 Å². The third kappa shape index (κ3) is 6.55. The predicted octanol–water partition coefficient (Wildman–Crippen LogP) is 3.07. The van der Waals surface area contributed by atoms with Gasteiger partial charge in [-0.3, -0.25) is 0 Å². The topological polar surface area (TPSA) is 69.4 Å². The Kier molecular flexibility index (Phi) is 7.48. The number of nitrogens with two attached hydrogens (primary N) is 1. The number of unbranched alkanes of at least 4 members (excludes halogenated alkanes) is 1. The highest BCUT2D eigenvalue weighted by Gasteiger charge is 2.37. The van der Waals surface area contributed by atoms with Crippen molar-refractivity contribution in [3.05, 3.63) is 0 Å². The Bertz CT molecular complexity index is 361. The van der Waals surface area contributed by atoms with E-state index in [1.165, 1.54) is 19.3 Å². The molecule has 0 aromatic heterocycles. The second-order valence-electron chi connectivity index (χ2n) is 6.45. The zero-order valence-corrected chi connectivity index (χ0v) is 13.9. The average Bonchev–Trinajstić information content (AvgIpc) is 2.80. The average molecular weight is 305 g/mol. The van der Waals surface area contributed by atoms with Crippen molar-refractivity contribution >= 4 is 10.0 Å². The Hall–Kier alpha value is -0.130. The highest BCUT2D eigenvalue weighted by Crippen LogP contribution is 2.39. The van der Waals surface area contributed by atoms with Crippen LogP contribution in [0.3, 0.4) is 0 Å². The second kappa shape index (κ2) is 8.35. The molecule has 0 aromatic carbocycles. The first-order valence-electron chi connectivity index (χ1n) is 7.99. The van der Waals surface area contributed by atoms with Crippen LogP contribution in [0, 0.1) is 11.3 Å². The molecule has 1 saturated carbocycles. The SMILES string of the molecule is CCCCC(CC)COCC1(CS(N)(=O)=O)CCCC1. The number of hydrogen-bond donors (Lipinski definition) is 1. The molecule has 1 fully saturated rings. The Balaban J connectivity index is 2.43. The minimum atomic E-state index is -3.42. The summed E-state index contributed by atoms with van der Waals surface area (Å²) in [7, 11) is -3.42. The van der Waals surface area contributed by atoms with E-state index in [4.69, 9.17) is 9.88 Å². The summed E-state index contributed by atoms with van der Waals surface area (Å²) < 4.78 is 28.7. The molecule has 20 heavy (non-hydrogen) atoms. The minimum Gasteiger partial charge on any atom is -0.381 e. The van der Waals surface area contributed by atoms with Gasteiger partial charge in [0.15, 0.2) is 0 Å². The van der Waals surface area contributed by atoms with Crippen LogP contribution in [0.25, 0.3) is 0 Å². The van der Waals surface area contributed by atoms with Gasteiger partial charge in [-0.05, 0) is 25.2 Å². The molecule has 1 atom stereocenters. The van der Waals surface area contributed by atoms with Gasteiger partial charge >= 0.3 is 0 Å². The maximum absolute atomic E-state index is 11.4. The third-order valence-corrected chi connectivity index (χ3v) is 5.49. The van der Waals surface area contributed by atoms with Gasteiger partial charge in [0.2, 0.25) is 10.0 Å². The van der Waals surface area contributed by atoms with E-state index in [9.17, 15) is 8.42 Å².